The van der Waals surface area contributed by atoms with Crippen molar-refractivity contribution in [3.63, 3.8) is 0 Å². The van der Waals surface area contributed by atoms with Gasteiger partial charge in [-0.05, 0) is 17.7 Å². The SMILES string of the molecule is O=C(C=C(C(=O)[O-])c1ccccc1)NNc1ccccc1. The van der Waals surface area contributed by atoms with E-state index in [9.17, 15) is 14.7 Å². The minimum absolute atomic E-state index is 0.178. The third-order valence-electron chi connectivity index (χ3n) is 2.68. The molecule has 0 aliphatic carbocycles. The molecule has 0 aliphatic rings. The van der Waals surface area contributed by atoms with Crippen molar-refractivity contribution in [1.29, 1.82) is 0 Å². The first kappa shape index (κ1) is 14.3. The van der Waals surface area contributed by atoms with E-state index in [1.54, 1.807) is 54.6 Å². The van der Waals surface area contributed by atoms with Crippen LogP contribution < -0.4 is 16.0 Å². The molecule has 5 heteroatoms. The Morgan fingerprint density at radius 2 is 1.48 bits per heavy atom. The van der Waals surface area contributed by atoms with Crippen molar-refractivity contribution >= 4 is 23.1 Å². The lowest BCUT2D eigenvalue weighted by atomic mass is 10.1. The van der Waals surface area contributed by atoms with E-state index in [0.717, 1.165) is 6.08 Å². The van der Waals surface area contributed by atoms with Gasteiger partial charge >= 0.3 is 0 Å². The molecule has 2 aromatic carbocycles. The van der Waals surface area contributed by atoms with Gasteiger partial charge in [-0.15, -0.1) is 0 Å². The van der Waals surface area contributed by atoms with E-state index >= 15 is 0 Å². The molecule has 0 spiro atoms. The number of carbonyl (C=O) groups excluding carboxylic acids is 2. The summed E-state index contributed by atoms with van der Waals surface area (Å²) in [5.41, 5.74) is 6.00. The molecule has 0 unspecified atom stereocenters. The van der Waals surface area contributed by atoms with Crippen LogP contribution in [-0.4, -0.2) is 11.9 Å². The average Bonchev–Trinajstić information content (AvgIpc) is 2.52. The van der Waals surface area contributed by atoms with Gasteiger partial charge in [-0.1, -0.05) is 48.5 Å². The predicted octanol–water partition coefficient (Wildman–Crippen LogP) is 0.963. The third kappa shape index (κ3) is 4.21. The molecule has 0 atom stereocenters. The molecule has 0 aliphatic heterocycles. The molecule has 2 aromatic rings. The molecule has 0 saturated heterocycles. The lowest BCUT2D eigenvalue weighted by molar-refractivity contribution is -0.295. The number of anilines is 1. The zero-order valence-corrected chi connectivity index (χ0v) is 11.1. The smallest absolute Gasteiger partial charge is 0.263 e. The topological polar surface area (TPSA) is 81.3 Å². The van der Waals surface area contributed by atoms with Gasteiger partial charge in [0.1, 0.15) is 0 Å². The van der Waals surface area contributed by atoms with Crippen molar-refractivity contribution in [1.82, 2.24) is 5.43 Å². The maximum Gasteiger partial charge on any atom is 0.263 e. The van der Waals surface area contributed by atoms with Crippen LogP contribution in [0.5, 0.6) is 0 Å². The lowest BCUT2D eigenvalue weighted by Crippen LogP contribution is -2.30. The highest BCUT2D eigenvalue weighted by atomic mass is 16.4. The number of carbonyl (C=O) groups is 2. The molecule has 5 nitrogen and oxygen atoms in total. The minimum Gasteiger partial charge on any atom is -0.545 e. The number of rotatable bonds is 5. The largest absolute Gasteiger partial charge is 0.545 e. The highest BCUT2D eigenvalue weighted by Crippen LogP contribution is 2.12. The van der Waals surface area contributed by atoms with Gasteiger partial charge in [-0.25, -0.2) is 0 Å². The maximum atomic E-state index is 11.8. The van der Waals surface area contributed by atoms with E-state index < -0.39 is 11.9 Å². The van der Waals surface area contributed by atoms with Gasteiger partial charge in [0.25, 0.3) is 5.91 Å². The van der Waals surface area contributed by atoms with Crippen LogP contribution in [0, 0.1) is 0 Å². The Balaban J connectivity index is 2.08. The van der Waals surface area contributed by atoms with Gasteiger partial charge < -0.3 is 9.90 Å². The number of carboxylic acid groups (broad SMARTS) is 1. The number of amides is 1. The van der Waals surface area contributed by atoms with Crippen LogP contribution in [-0.2, 0) is 9.59 Å². The number of nitrogens with one attached hydrogen (secondary N) is 2. The Hall–Kier alpha value is -3.08. The summed E-state index contributed by atoms with van der Waals surface area (Å²) in [6, 6.07) is 17.3. The summed E-state index contributed by atoms with van der Waals surface area (Å²) in [5.74, 6) is -1.99. The fourth-order valence-electron chi connectivity index (χ4n) is 1.70. The normalized spacial score (nSPS) is 10.8. The summed E-state index contributed by atoms with van der Waals surface area (Å²) < 4.78 is 0. The zero-order valence-electron chi connectivity index (χ0n) is 11.1. The Labute approximate surface area is 121 Å². The monoisotopic (exact) mass is 281 g/mol. The average molecular weight is 281 g/mol. The molecule has 0 fully saturated rings. The number of hydrazine groups is 1. The van der Waals surface area contributed by atoms with Gasteiger partial charge in [0.05, 0.1) is 11.7 Å². The van der Waals surface area contributed by atoms with Crippen LogP contribution in [0.4, 0.5) is 5.69 Å². The predicted molar refractivity (Wildman–Crippen MR) is 77.6 cm³/mol. The van der Waals surface area contributed by atoms with Gasteiger partial charge in [0.2, 0.25) is 0 Å². The van der Waals surface area contributed by atoms with E-state index in [1.807, 2.05) is 6.07 Å². The van der Waals surface area contributed by atoms with Crippen LogP contribution in [0.15, 0.2) is 66.7 Å². The van der Waals surface area contributed by atoms with Crippen LogP contribution in [0.3, 0.4) is 0 Å². The fourth-order valence-corrected chi connectivity index (χ4v) is 1.70. The second-order valence-electron chi connectivity index (χ2n) is 4.19. The van der Waals surface area contributed by atoms with Crippen molar-refractivity contribution in [3.05, 3.63) is 72.3 Å². The molecule has 21 heavy (non-hydrogen) atoms. The van der Waals surface area contributed by atoms with Crippen LogP contribution in [0.2, 0.25) is 0 Å². The maximum absolute atomic E-state index is 11.8. The van der Waals surface area contributed by atoms with Crippen molar-refractivity contribution in [2.45, 2.75) is 0 Å². The molecule has 1 amide bonds. The molecule has 0 aromatic heterocycles. The van der Waals surface area contributed by atoms with E-state index in [1.165, 1.54) is 0 Å². The molecular weight excluding hydrogens is 268 g/mol. The van der Waals surface area contributed by atoms with Crippen LogP contribution in [0.25, 0.3) is 5.57 Å². The van der Waals surface area contributed by atoms with Crippen molar-refractivity contribution in [2.75, 3.05) is 5.43 Å². The van der Waals surface area contributed by atoms with Crippen molar-refractivity contribution in [3.8, 4) is 0 Å². The van der Waals surface area contributed by atoms with E-state index in [0.29, 0.717) is 11.3 Å². The zero-order chi connectivity index (χ0) is 15.1. The first-order valence-electron chi connectivity index (χ1n) is 6.26. The van der Waals surface area contributed by atoms with E-state index in [4.69, 9.17) is 0 Å². The number of hydrogen-bond acceptors (Lipinski definition) is 4. The summed E-state index contributed by atoms with van der Waals surface area (Å²) >= 11 is 0. The van der Waals surface area contributed by atoms with Crippen molar-refractivity contribution < 1.29 is 14.7 Å². The summed E-state index contributed by atoms with van der Waals surface area (Å²) in [4.78, 5) is 22.9. The minimum atomic E-state index is -1.41. The van der Waals surface area contributed by atoms with E-state index in [-0.39, 0.29) is 5.57 Å². The molecular formula is C16H13N2O3-. The molecule has 2 N–H and O–H groups in total. The Morgan fingerprint density at radius 3 is 2.05 bits per heavy atom. The molecule has 0 heterocycles. The molecule has 2 rings (SSSR count). The number of benzene rings is 2. The Bertz CT molecular complexity index is 652. The van der Waals surface area contributed by atoms with E-state index in [2.05, 4.69) is 10.9 Å². The van der Waals surface area contributed by atoms with Gasteiger partial charge in [-0.2, -0.15) is 0 Å². The Morgan fingerprint density at radius 1 is 0.905 bits per heavy atom. The first-order valence-corrected chi connectivity index (χ1v) is 6.26. The number of aliphatic carboxylic acids is 1. The first-order chi connectivity index (χ1) is 10.2. The lowest BCUT2D eigenvalue weighted by Gasteiger charge is -2.10. The molecule has 0 radical (unpaired) electrons. The number of carboxylic acids is 1. The molecule has 0 bridgehead atoms. The van der Waals surface area contributed by atoms with Crippen molar-refractivity contribution in [2.24, 2.45) is 0 Å². The van der Waals surface area contributed by atoms with Gasteiger partial charge in [-0.3, -0.25) is 15.6 Å². The van der Waals surface area contributed by atoms with Gasteiger partial charge in [0.15, 0.2) is 0 Å². The van der Waals surface area contributed by atoms with Crippen LogP contribution >= 0.6 is 0 Å². The Kier molecular flexibility index (Phi) is 4.71. The summed E-state index contributed by atoms with van der Waals surface area (Å²) in [5, 5.41) is 11.1. The summed E-state index contributed by atoms with van der Waals surface area (Å²) in [7, 11) is 0. The van der Waals surface area contributed by atoms with Gasteiger partial charge in [0, 0.05) is 11.6 Å². The molecule has 0 saturated carbocycles. The molecule has 106 valence electrons. The standard InChI is InChI=1S/C16H14N2O3/c19-15(18-17-13-9-5-2-6-10-13)11-14(16(20)21)12-7-3-1-4-8-12/h1-11,17H,(H,18,19)(H,20,21)/p-1. The third-order valence-corrected chi connectivity index (χ3v) is 2.68. The fraction of sp³-hybridized carbons (Fsp3) is 0. The summed E-state index contributed by atoms with van der Waals surface area (Å²) in [6.45, 7) is 0. The second kappa shape index (κ2) is 6.91. The second-order valence-corrected chi connectivity index (χ2v) is 4.19. The number of hydrogen-bond donors (Lipinski definition) is 2. The quantitative estimate of drug-likeness (QED) is 0.632. The number of para-hydroxylation sites is 1. The summed E-state index contributed by atoms with van der Waals surface area (Å²) in [6.07, 6.45) is 0.987. The highest BCUT2D eigenvalue weighted by molar-refractivity contribution is 6.19. The van der Waals surface area contributed by atoms with Crippen LogP contribution in [0.1, 0.15) is 5.56 Å². The highest BCUT2D eigenvalue weighted by Gasteiger charge is 2.05.